The molecule has 3 amide bonds. The molecule has 0 aromatic heterocycles. The van der Waals surface area contributed by atoms with Crippen LogP contribution >= 0.6 is 11.8 Å². The van der Waals surface area contributed by atoms with Gasteiger partial charge in [-0.1, -0.05) is 24.3 Å². The Hall–Kier alpha value is -2.06. The average molecular weight is 431 g/mol. The number of primary amides is 1. The summed E-state index contributed by atoms with van der Waals surface area (Å²) in [6.45, 7) is 0.156. The van der Waals surface area contributed by atoms with E-state index in [-0.39, 0.29) is 29.7 Å². The second-order valence-corrected chi connectivity index (χ2v) is 9.81. The van der Waals surface area contributed by atoms with Crippen LogP contribution in [0.5, 0.6) is 0 Å². The van der Waals surface area contributed by atoms with Crippen LogP contribution in [0.25, 0.3) is 0 Å². The van der Waals surface area contributed by atoms with E-state index in [2.05, 4.69) is 34.9 Å². The molecule has 2 unspecified atom stereocenters. The van der Waals surface area contributed by atoms with Crippen molar-refractivity contribution in [2.24, 2.45) is 17.6 Å². The van der Waals surface area contributed by atoms with Crippen LogP contribution in [0, 0.1) is 11.8 Å². The van der Waals surface area contributed by atoms with Crippen molar-refractivity contribution < 1.29 is 14.4 Å². The van der Waals surface area contributed by atoms with Crippen molar-refractivity contribution in [3.05, 3.63) is 35.4 Å². The summed E-state index contributed by atoms with van der Waals surface area (Å²) in [4.78, 5) is 39.7. The Morgan fingerprint density at radius 1 is 1.23 bits per heavy atom. The van der Waals surface area contributed by atoms with Gasteiger partial charge in [-0.15, -0.1) is 11.8 Å². The minimum Gasteiger partial charge on any atom is -0.368 e. The summed E-state index contributed by atoms with van der Waals surface area (Å²) in [7, 11) is 1.69. The predicted octanol–water partition coefficient (Wildman–Crippen LogP) is 0.661. The number of benzene rings is 1. The van der Waals surface area contributed by atoms with E-state index in [1.165, 1.54) is 11.1 Å². The Morgan fingerprint density at radius 2 is 2.00 bits per heavy atom. The molecule has 1 aromatic rings. The highest BCUT2D eigenvalue weighted by molar-refractivity contribution is 7.99. The maximum Gasteiger partial charge on any atom is 0.246 e. The van der Waals surface area contributed by atoms with Gasteiger partial charge >= 0.3 is 0 Å². The molecule has 0 spiro atoms. The Labute approximate surface area is 181 Å². The van der Waals surface area contributed by atoms with E-state index in [1.54, 1.807) is 23.7 Å². The van der Waals surface area contributed by atoms with Crippen LogP contribution in [-0.4, -0.2) is 59.4 Å². The molecule has 4 rings (SSSR count). The average Bonchev–Trinajstić information content (AvgIpc) is 3.05. The zero-order valence-electron chi connectivity index (χ0n) is 17.3. The van der Waals surface area contributed by atoms with Crippen molar-refractivity contribution in [1.82, 2.24) is 15.5 Å². The fourth-order valence-electron chi connectivity index (χ4n) is 5.34. The van der Waals surface area contributed by atoms with Gasteiger partial charge in [-0.3, -0.25) is 14.4 Å². The molecule has 0 bridgehead atoms. The van der Waals surface area contributed by atoms with Crippen LogP contribution < -0.4 is 16.4 Å². The molecule has 5 atom stereocenters. The molecular formula is C22H30N4O3S. The Morgan fingerprint density at radius 3 is 2.73 bits per heavy atom. The first-order valence-corrected chi connectivity index (χ1v) is 11.8. The first-order valence-electron chi connectivity index (χ1n) is 10.7. The normalized spacial score (nSPS) is 30.9. The van der Waals surface area contributed by atoms with Crippen molar-refractivity contribution in [2.45, 2.75) is 49.6 Å². The fraction of sp³-hybridized carbons (Fsp3) is 0.591. The number of nitrogens with zero attached hydrogens (tertiary/aromatic N) is 1. The monoisotopic (exact) mass is 430 g/mol. The molecule has 162 valence electrons. The number of carbonyl (C=O) groups excluding carboxylic acids is 3. The van der Waals surface area contributed by atoms with Gasteiger partial charge < -0.3 is 21.3 Å². The lowest BCUT2D eigenvalue weighted by atomic mass is 9.74. The molecule has 3 aliphatic rings. The highest BCUT2D eigenvalue weighted by Crippen LogP contribution is 2.45. The second-order valence-electron chi connectivity index (χ2n) is 8.53. The largest absolute Gasteiger partial charge is 0.368 e. The van der Waals surface area contributed by atoms with Gasteiger partial charge in [0.05, 0.1) is 11.9 Å². The third kappa shape index (κ3) is 4.07. The molecule has 1 aliphatic carbocycles. The van der Waals surface area contributed by atoms with E-state index < -0.39 is 18.0 Å². The summed E-state index contributed by atoms with van der Waals surface area (Å²) < 4.78 is 0. The molecule has 2 saturated heterocycles. The van der Waals surface area contributed by atoms with Gasteiger partial charge in [-0.25, -0.2) is 0 Å². The number of nitrogens with two attached hydrogens (primary N) is 1. The van der Waals surface area contributed by atoms with Crippen molar-refractivity contribution in [3.63, 3.8) is 0 Å². The van der Waals surface area contributed by atoms with Gasteiger partial charge in [0, 0.05) is 0 Å². The van der Waals surface area contributed by atoms with Gasteiger partial charge in [0.25, 0.3) is 0 Å². The topological polar surface area (TPSA) is 105 Å². The molecule has 4 N–H and O–H groups in total. The lowest BCUT2D eigenvalue weighted by molar-refractivity contribution is -0.142. The lowest BCUT2D eigenvalue weighted by Crippen LogP contribution is -2.56. The van der Waals surface area contributed by atoms with Crippen LogP contribution in [0.3, 0.4) is 0 Å². The Kier molecular flexibility index (Phi) is 6.34. The number of nitrogens with one attached hydrogen (secondary N) is 2. The zero-order chi connectivity index (χ0) is 21.3. The number of rotatable bonds is 5. The van der Waals surface area contributed by atoms with E-state index >= 15 is 0 Å². The van der Waals surface area contributed by atoms with Crippen LogP contribution in [0.15, 0.2) is 24.3 Å². The van der Waals surface area contributed by atoms with Crippen LogP contribution in [0.4, 0.5) is 0 Å². The zero-order valence-corrected chi connectivity index (χ0v) is 18.1. The van der Waals surface area contributed by atoms with Gasteiger partial charge in [0.15, 0.2) is 0 Å². The van der Waals surface area contributed by atoms with E-state index in [9.17, 15) is 14.4 Å². The Balaban J connectivity index is 1.55. The minimum atomic E-state index is -0.605. The number of hydrogen-bond donors (Lipinski definition) is 3. The summed E-state index contributed by atoms with van der Waals surface area (Å²) >= 11 is 1.71. The van der Waals surface area contributed by atoms with E-state index in [4.69, 9.17) is 5.73 Å². The highest BCUT2D eigenvalue weighted by Gasteiger charge is 2.52. The summed E-state index contributed by atoms with van der Waals surface area (Å²) in [5.41, 5.74) is 8.59. The quantitative estimate of drug-likeness (QED) is 0.637. The molecule has 1 aromatic carbocycles. The summed E-state index contributed by atoms with van der Waals surface area (Å²) in [6.07, 6.45) is 4.28. The third-order valence-electron chi connectivity index (χ3n) is 6.71. The number of fused-ring (bicyclic) bond motifs is 2. The molecule has 8 heteroatoms. The van der Waals surface area contributed by atoms with Gasteiger partial charge in [-0.2, -0.15) is 0 Å². The maximum absolute atomic E-state index is 13.4. The number of likely N-dealkylation sites (N-methyl/N-ethyl adjacent to an activating group) is 1. The lowest BCUT2D eigenvalue weighted by Gasteiger charge is -2.34. The molecule has 30 heavy (non-hydrogen) atoms. The molecule has 7 nitrogen and oxygen atoms in total. The number of thioether (sulfide) groups is 1. The van der Waals surface area contributed by atoms with Crippen molar-refractivity contribution >= 4 is 29.5 Å². The summed E-state index contributed by atoms with van der Waals surface area (Å²) in [5, 5.41) is 5.58. The molecule has 0 radical (unpaired) electrons. The van der Waals surface area contributed by atoms with Crippen LogP contribution in [0.1, 0.15) is 30.4 Å². The third-order valence-corrected chi connectivity index (χ3v) is 7.99. The highest BCUT2D eigenvalue weighted by atomic mass is 32.2. The number of amides is 3. The van der Waals surface area contributed by atoms with Gasteiger partial charge in [-0.05, 0) is 67.9 Å². The second kappa shape index (κ2) is 8.98. The van der Waals surface area contributed by atoms with E-state index in [0.29, 0.717) is 12.3 Å². The first kappa shape index (κ1) is 21.2. The van der Waals surface area contributed by atoms with E-state index in [1.807, 2.05) is 0 Å². The minimum absolute atomic E-state index is 0.0524. The Bertz CT molecular complexity index is 832. The van der Waals surface area contributed by atoms with Crippen molar-refractivity contribution in [3.8, 4) is 0 Å². The molecule has 0 saturated carbocycles. The SMILES string of the molecule is CNCC(=O)N[C@H]1CCS[C@H]2CC(C3CCc4ccccc4C3)[C@@H](C(N)=O)N2C1=O. The fourth-order valence-corrected chi connectivity index (χ4v) is 6.74. The van der Waals surface area contributed by atoms with Crippen LogP contribution in [-0.2, 0) is 27.2 Å². The molecular weight excluding hydrogens is 400 g/mol. The summed E-state index contributed by atoms with van der Waals surface area (Å²) in [5.74, 6) is 0.339. The molecule has 2 heterocycles. The number of hydrogen-bond acceptors (Lipinski definition) is 5. The van der Waals surface area contributed by atoms with Gasteiger partial charge in [0.2, 0.25) is 17.7 Å². The number of carbonyl (C=O) groups is 3. The van der Waals surface area contributed by atoms with E-state index in [0.717, 1.165) is 31.4 Å². The van der Waals surface area contributed by atoms with Crippen molar-refractivity contribution in [1.29, 1.82) is 0 Å². The molecule has 2 aliphatic heterocycles. The maximum atomic E-state index is 13.4. The first-order chi connectivity index (χ1) is 14.5. The van der Waals surface area contributed by atoms with Crippen molar-refractivity contribution in [2.75, 3.05) is 19.3 Å². The predicted molar refractivity (Wildman–Crippen MR) is 117 cm³/mol. The van der Waals surface area contributed by atoms with Crippen LogP contribution in [0.2, 0.25) is 0 Å². The summed E-state index contributed by atoms with van der Waals surface area (Å²) in [6, 6.07) is 7.27. The van der Waals surface area contributed by atoms with Gasteiger partial charge in [0.1, 0.15) is 12.1 Å². The number of aryl methyl sites for hydroxylation is 1. The smallest absolute Gasteiger partial charge is 0.246 e. The standard InChI is InChI=1S/C22H30N4O3S/c1-24-12-18(27)25-17-8-9-30-19-11-16(20(21(23)28)26(19)22(17)29)15-7-6-13-4-2-3-5-14(13)10-15/h2-5,15-17,19-20,24H,6-12H2,1H3,(H2,23,28)(H,25,27)/t15?,16?,17-,19-,20-/m0/s1. The molecule has 2 fully saturated rings.